The van der Waals surface area contributed by atoms with Crippen molar-refractivity contribution in [2.24, 2.45) is 0 Å². The van der Waals surface area contributed by atoms with Crippen LogP contribution in [0.3, 0.4) is 0 Å². The molecular formula is C19H15F3N4. The number of imidazole rings is 1. The lowest BCUT2D eigenvalue weighted by Crippen LogP contribution is -2.09. The van der Waals surface area contributed by atoms with Crippen LogP contribution in [0.2, 0.25) is 0 Å². The summed E-state index contributed by atoms with van der Waals surface area (Å²) in [6.07, 6.45) is -3.57. The minimum atomic E-state index is -4.55. The van der Waals surface area contributed by atoms with Crippen molar-refractivity contribution in [3.63, 3.8) is 0 Å². The molecule has 0 spiro atoms. The van der Waals surface area contributed by atoms with Gasteiger partial charge in [-0.2, -0.15) is 13.2 Å². The van der Waals surface area contributed by atoms with Crippen molar-refractivity contribution < 1.29 is 13.2 Å². The number of hydrogen-bond donors (Lipinski definition) is 0. The molecule has 0 fully saturated rings. The first-order valence-corrected chi connectivity index (χ1v) is 7.72. The van der Waals surface area contributed by atoms with Gasteiger partial charge in [0, 0.05) is 37.2 Å². The fourth-order valence-corrected chi connectivity index (χ4v) is 2.62. The first-order chi connectivity index (χ1) is 12.3. The van der Waals surface area contributed by atoms with Gasteiger partial charge in [-0.25, -0.2) is 9.83 Å². The summed E-state index contributed by atoms with van der Waals surface area (Å²) in [5.41, 5.74) is 1.17. The molecule has 0 radical (unpaired) electrons. The predicted molar refractivity (Wildman–Crippen MR) is 94.6 cm³/mol. The molecule has 0 unspecified atom stereocenters. The summed E-state index contributed by atoms with van der Waals surface area (Å²) in [4.78, 5) is 9.01. The lowest BCUT2D eigenvalue weighted by atomic mass is 10.2. The molecule has 0 amide bonds. The van der Waals surface area contributed by atoms with Gasteiger partial charge in [0.1, 0.15) is 5.82 Å². The molecular weight excluding hydrogens is 341 g/mol. The molecule has 132 valence electrons. The number of hydrogen-bond acceptors (Lipinski definition) is 2. The summed E-state index contributed by atoms with van der Waals surface area (Å²) in [5.74, 6) is 0.193. The molecule has 2 aromatic carbocycles. The maximum atomic E-state index is 13.2. The molecule has 0 bridgehead atoms. The highest BCUT2D eigenvalue weighted by molar-refractivity contribution is 5.74. The van der Waals surface area contributed by atoms with Gasteiger partial charge in [-0.05, 0) is 12.1 Å². The highest BCUT2D eigenvalue weighted by atomic mass is 19.4. The molecule has 3 aromatic rings. The van der Waals surface area contributed by atoms with Gasteiger partial charge >= 0.3 is 6.18 Å². The van der Waals surface area contributed by atoms with Crippen LogP contribution in [0.15, 0.2) is 54.7 Å². The minimum Gasteiger partial charge on any atom is -0.386 e. The fraction of sp³-hybridized carbons (Fsp3) is 0.158. The number of anilines is 1. The van der Waals surface area contributed by atoms with E-state index in [1.807, 2.05) is 0 Å². The number of rotatable bonds is 3. The van der Waals surface area contributed by atoms with E-state index in [0.29, 0.717) is 22.6 Å². The Hall–Kier alpha value is -3.27. The van der Waals surface area contributed by atoms with Crippen LogP contribution in [-0.2, 0) is 6.18 Å². The largest absolute Gasteiger partial charge is 0.434 e. The zero-order valence-corrected chi connectivity index (χ0v) is 14.1. The third-order valence-corrected chi connectivity index (χ3v) is 3.87. The van der Waals surface area contributed by atoms with Crippen LogP contribution < -0.4 is 4.90 Å². The highest BCUT2D eigenvalue weighted by Crippen LogP contribution is 2.35. The van der Waals surface area contributed by atoms with Crippen molar-refractivity contribution in [1.82, 2.24) is 9.55 Å². The molecule has 0 saturated carbocycles. The molecule has 0 atom stereocenters. The first kappa shape index (κ1) is 17.5. The summed E-state index contributed by atoms with van der Waals surface area (Å²) in [7, 11) is 3.56. The molecule has 0 N–H and O–H groups in total. The Kier molecular flexibility index (Phi) is 4.43. The molecule has 4 nitrogen and oxygen atoms in total. The van der Waals surface area contributed by atoms with Gasteiger partial charge in [-0.15, -0.1) is 0 Å². The topological polar surface area (TPSA) is 25.4 Å². The molecule has 0 saturated heterocycles. The molecule has 0 aliphatic rings. The lowest BCUT2D eigenvalue weighted by molar-refractivity contribution is -0.140. The third kappa shape index (κ3) is 3.26. The van der Waals surface area contributed by atoms with Crippen LogP contribution in [0.4, 0.5) is 24.5 Å². The van der Waals surface area contributed by atoms with Gasteiger partial charge in [0.2, 0.25) is 5.69 Å². The standard InChI is InChI=1S/C19H15F3N4/c1-23-15-10-9-14(11-16(15)25(2)3)26-12-17(19(20,21)22)24-18(26)13-7-5-4-6-8-13/h4-12H,2-3H3. The van der Waals surface area contributed by atoms with Gasteiger partial charge in [-0.1, -0.05) is 36.4 Å². The number of benzene rings is 2. The molecule has 1 heterocycles. The molecule has 26 heavy (non-hydrogen) atoms. The normalized spacial score (nSPS) is 11.2. The Morgan fingerprint density at radius 2 is 1.77 bits per heavy atom. The fourth-order valence-electron chi connectivity index (χ4n) is 2.62. The van der Waals surface area contributed by atoms with Gasteiger partial charge < -0.3 is 4.90 Å². The van der Waals surface area contributed by atoms with E-state index in [0.717, 1.165) is 6.20 Å². The van der Waals surface area contributed by atoms with Crippen molar-refractivity contribution in [3.8, 4) is 17.1 Å². The van der Waals surface area contributed by atoms with E-state index in [2.05, 4.69) is 9.83 Å². The summed E-state index contributed by atoms with van der Waals surface area (Å²) in [5, 5.41) is 0. The van der Waals surface area contributed by atoms with E-state index >= 15 is 0 Å². The van der Waals surface area contributed by atoms with Crippen LogP contribution >= 0.6 is 0 Å². The average molecular weight is 356 g/mol. The van der Waals surface area contributed by atoms with Crippen molar-refractivity contribution in [1.29, 1.82) is 0 Å². The molecule has 0 aliphatic heterocycles. The highest BCUT2D eigenvalue weighted by Gasteiger charge is 2.35. The number of halogens is 3. The molecule has 3 rings (SSSR count). The lowest BCUT2D eigenvalue weighted by Gasteiger charge is -2.17. The second-order valence-electron chi connectivity index (χ2n) is 5.86. The van der Waals surface area contributed by atoms with Gasteiger partial charge in [0.05, 0.1) is 6.57 Å². The van der Waals surface area contributed by atoms with E-state index in [1.165, 1.54) is 4.57 Å². The number of alkyl halides is 3. The van der Waals surface area contributed by atoms with Gasteiger partial charge in [0.25, 0.3) is 0 Å². The predicted octanol–water partition coefficient (Wildman–Crippen LogP) is 5.17. The van der Waals surface area contributed by atoms with Gasteiger partial charge in [-0.3, -0.25) is 4.57 Å². The van der Waals surface area contributed by atoms with Crippen molar-refractivity contribution in [2.75, 3.05) is 19.0 Å². The van der Waals surface area contributed by atoms with E-state index in [-0.39, 0.29) is 5.82 Å². The van der Waals surface area contributed by atoms with Crippen LogP contribution in [0.25, 0.3) is 21.9 Å². The Bertz CT molecular complexity index is 967. The smallest absolute Gasteiger partial charge is 0.386 e. The summed E-state index contributed by atoms with van der Waals surface area (Å²) >= 11 is 0. The third-order valence-electron chi connectivity index (χ3n) is 3.87. The first-order valence-electron chi connectivity index (χ1n) is 7.72. The number of aromatic nitrogens is 2. The van der Waals surface area contributed by atoms with Crippen LogP contribution in [0, 0.1) is 6.57 Å². The van der Waals surface area contributed by atoms with Gasteiger partial charge in [0.15, 0.2) is 5.69 Å². The Balaban J connectivity index is 2.23. The quantitative estimate of drug-likeness (QED) is 0.605. The van der Waals surface area contributed by atoms with E-state index in [9.17, 15) is 13.2 Å². The SMILES string of the molecule is [C-]#[N+]c1ccc(-n2cc(C(F)(F)F)nc2-c2ccccc2)cc1N(C)C. The van der Waals surface area contributed by atoms with Crippen LogP contribution in [0.5, 0.6) is 0 Å². The van der Waals surface area contributed by atoms with E-state index < -0.39 is 11.9 Å². The number of nitrogens with zero attached hydrogens (tertiary/aromatic N) is 4. The second kappa shape index (κ2) is 6.56. The zero-order valence-electron chi connectivity index (χ0n) is 14.1. The Morgan fingerprint density at radius 3 is 2.35 bits per heavy atom. The van der Waals surface area contributed by atoms with Crippen molar-refractivity contribution in [2.45, 2.75) is 6.18 Å². The van der Waals surface area contributed by atoms with Crippen LogP contribution in [0.1, 0.15) is 5.69 Å². The molecule has 1 aromatic heterocycles. The van der Waals surface area contributed by atoms with E-state index in [1.54, 1.807) is 67.5 Å². The molecule has 7 heteroatoms. The zero-order chi connectivity index (χ0) is 18.9. The monoisotopic (exact) mass is 356 g/mol. The second-order valence-corrected chi connectivity index (χ2v) is 5.86. The Morgan fingerprint density at radius 1 is 1.08 bits per heavy atom. The Labute approximate surface area is 149 Å². The van der Waals surface area contributed by atoms with Crippen molar-refractivity contribution in [3.05, 3.63) is 71.8 Å². The summed E-state index contributed by atoms with van der Waals surface area (Å²) in [6.45, 7) is 7.25. The summed E-state index contributed by atoms with van der Waals surface area (Å²) < 4.78 is 41.0. The van der Waals surface area contributed by atoms with E-state index in [4.69, 9.17) is 6.57 Å². The molecule has 0 aliphatic carbocycles. The maximum absolute atomic E-state index is 13.2. The van der Waals surface area contributed by atoms with Crippen LogP contribution in [-0.4, -0.2) is 23.6 Å². The minimum absolute atomic E-state index is 0.193. The average Bonchev–Trinajstić information content (AvgIpc) is 3.07. The maximum Gasteiger partial charge on any atom is 0.434 e. The summed E-state index contributed by atoms with van der Waals surface area (Å²) in [6, 6.07) is 13.6. The van der Waals surface area contributed by atoms with Crippen molar-refractivity contribution >= 4 is 11.4 Å².